The lowest BCUT2D eigenvalue weighted by Gasteiger charge is -2.15. The van der Waals surface area contributed by atoms with Crippen LogP contribution >= 0.6 is 15.9 Å². The Balaban J connectivity index is 2.24. The van der Waals surface area contributed by atoms with Gasteiger partial charge in [0, 0.05) is 23.6 Å². The summed E-state index contributed by atoms with van der Waals surface area (Å²) in [5, 5.41) is 16.7. The highest BCUT2D eigenvalue weighted by Crippen LogP contribution is 2.25. The molecule has 0 saturated carbocycles. The molecule has 0 radical (unpaired) electrons. The fraction of sp³-hybridized carbons (Fsp3) is 0.214. The highest BCUT2D eigenvalue weighted by Gasteiger charge is 2.09. The normalized spacial score (nSPS) is 10.1. The van der Waals surface area contributed by atoms with E-state index in [-0.39, 0.29) is 5.82 Å². The van der Waals surface area contributed by atoms with E-state index in [1.165, 1.54) is 6.07 Å². The lowest BCUT2D eigenvalue weighted by atomic mass is 10.1. The summed E-state index contributed by atoms with van der Waals surface area (Å²) in [6.07, 6.45) is 0.417. The molecule has 1 aromatic carbocycles. The number of aromatic nitrogens is 2. The van der Waals surface area contributed by atoms with Crippen molar-refractivity contribution in [2.24, 2.45) is 0 Å². The zero-order valence-electron chi connectivity index (χ0n) is 10.8. The van der Waals surface area contributed by atoms with Gasteiger partial charge < -0.3 is 4.90 Å². The van der Waals surface area contributed by atoms with Gasteiger partial charge in [0.2, 0.25) is 0 Å². The van der Waals surface area contributed by atoms with E-state index in [1.54, 1.807) is 24.3 Å². The number of anilines is 1. The first kappa shape index (κ1) is 14.4. The van der Waals surface area contributed by atoms with Gasteiger partial charge in [0.05, 0.1) is 18.2 Å². The van der Waals surface area contributed by atoms with Crippen LogP contribution in [0, 0.1) is 17.1 Å². The van der Waals surface area contributed by atoms with Crippen LogP contribution in [0.5, 0.6) is 0 Å². The average molecular weight is 335 g/mol. The van der Waals surface area contributed by atoms with Gasteiger partial charge >= 0.3 is 0 Å². The molecular weight excluding hydrogens is 323 g/mol. The smallest absolute Gasteiger partial charge is 0.151 e. The van der Waals surface area contributed by atoms with Crippen molar-refractivity contribution in [1.29, 1.82) is 5.26 Å². The minimum Gasteiger partial charge on any atom is -0.357 e. The van der Waals surface area contributed by atoms with Crippen molar-refractivity contribution in [3.63, 3.8) is 0 Å². The van der Waals surface area contributed by atoms with Gasteiger partial charge in [-0.25, -0.2) is 4.39 Å². The maximum atomic E-state index is 13.7. The quantitative estimate of drug-likeness (QED) is 0.859. The first-order valence-corrected chi connectivity index (χ1v) is 6.78. The van der Waals surface area contributed by atoms with Gasteiger partial charge in [-0.1, -0.05) is 15.9 Å². The topological polar surface area (TPSA) is 52.8 Å². The second-order valence-electron chi connectivity index (χ2n) is 4.23. The molecule has 0 saturated heterocycles. The number of benzene rings is 1. The zero-order chi connectivity index (χ0) is 14.5. The van der Waals surface area contributed by atoms with Gasteiger partial charge in [-0.05, 0) is 30.3 Å². The minimum absolute atomic E-state index is 0.340. The lowest BCUT2D eigenvalue weighted by molar-refractivity contribution is 0.630. The maximum Gasteiger partial charge on any atom is 0.151 e. The molecule has 0 atom stereocenters. The molecule has 0 unspecified atom stereocenters. The van der Waals surface area contributed by atoms with Gasteiger partial charge in [0.15, 0.2) is 5.82 Å². The van der Waals surface area contributed by atoms with Crippen molar-refractivity contribution in [3.8, 4) is 17.3 Å². The molecule has 102 valence electrons. The van der Waals surface area contributed by atoms with Crippen molar-refractivity contribution in [1.82, 2.24) is 10.2 Å². The van der Waals surface area contributed by atoms with E-state index in [1.807, 2.05) is 11.9 Å². The molecule has 2 aromatic rings. The van der Waals surface area contributed by atoms with Crippen LogP contribution < -0.4 is 4.90 Å². The van der Waals surface area contributed by atoms with Crippen LogP contribution in [0.3, 0.4) is 0 Å². The first-order chi connectivity index (χ1) is 9.61. The van der Waals surface area contributed by atoms with Crippen molar-refractivity contribution in [3.05, 3.63) is 40.6 Å². The van der Waals surface area contributed by atoms with E-state index in [4.69, 9.17) is 5.26 Å². The third-order valence-electron chi connectivity index (χ3n) is 2.80. The fourth-order valence-corrected chi connectivity index (χ4v) is 2.06. The Morgan fingerprint density at radius 3 is 2.75 bits per heavy atom. The zero-order valence-corrected chi connectivity index (χ0v) is 12.4. The van der Waals surface area contributed by atoms with E-state index >= 15 is 0 Å². The van der Waals surface area contributed by atoms with Crippen LogP contribution in [0.1, 0.15) is 6.42 Å². The molecule has 6 heteroatoms. The Hall–Kier alpha value is -2.00. The predicted molar refractivity (Wildman–Crippen MR) is 78.6 cm³/mol. The number of rotatable bonds is 4. The predicted octanol–water partition coefficient (Wildman–Crippen LogP) is 3.40. The highest BCUT2D eigenvalue weighted by atomic mass is 79.9. The Morgan fingerprint density at radius 1 is 1.30 bits per heavy atom. The molecule has 1 aromatic heterocycles. The molecule has 0 aliphatic rings. The Morgan fingerprint density at radius 2 is 2.10 bits per heavy atom. The molecule has 1 heterocycles. The summed E-state index contributed by atoms with van der Waals surface area (Å²) in [5.74, 6) is 0.312. The Bertz CT molecular complexity index is 637. The van der Waals surface area contributed by atoms with Gasteiger partial charge in [0.1, 0.15) is 5.82 Å². The highest BCUT2D eigenvalue weighted by molar-refractivity contribution is 9.10. The first-order valence-electron chi connectivity index (χ1n) is 5.99. The molecule has 4 nitrogen and oxygen atoms in total. The molecule has 20 heavy (non-hydrogen) atoms. The molecule has 0 spiro atoms. The van der Waals surface area contributed by atoms with Crippen LogP contribution in [-0.2, 0) is 0 Å². The lowest BCUT2D eigenvalue weighted by Crippen LogP contribution is -2.19. The second kappa shape index (κ2) is 6.44. The largest absolute Gasteiger partial charge is 0.357 e. The third-order valence-corrected chi connectivity index (χ3v) is 3.30. The third kappa shape index (κ3) is 3.31. The van der Waals surface area contributed by atoms with Crippen molar-refractivity contribution in [2.75, 3.05) is 18.5 Å². The van der Waals surface area contributed by atoms with E-state index < -0.39 is 0 Å². The Labute approximate surface area is 125 Å². The van der Waals surface area contributed by atoms with Crippen LogP contribution in [-0.4, -0.2) is 23.8 Å². The van der Waals surface area contributed by atoms with Gasteiger partial charge in [0.25, 0.3) is 0 Å². The summed E-state index contributed by atoms with van der Waals surface area (Å²) in [7, 11) is 1.83. The van der Waals surface area contributed by atoms with Crippen LogP contribution in [0.2, 0.25) is 0 Å². The number of nitriles is 1. The monoisotopic (exact) mass is 334 g/mol. The molecular formula is C14H12BrFN4. The number of nitrogens with zero attached hydrogens (tertiary/aromatic N) is 4. The van der Waals surface area contributed by atoms with E-state index in [9.17, 15) is 4.39 Å². The van der Waals surface area contributed by atoms with Gasteiger partial charge in [-0.15, -0.1) is 10.2 Å². The van der Waals surface area contributed by atoms with E-state index in [2.05, 4.69) is 32.2 Å². The fourth-order valence-electron chi connectivity index (χ4n) is 1.70. The molecule has 0 bridgehead atoms. The van der Waals surface area contributed by atoms with Crippen molar-refractivity contribution in [2.45, 2.75) is 6.42 Å². The average Bonchev–Trinajstić information content (AvgIpc) is 2.47. The van der Waals surface area contributed by atoms with Crippen molar-refractivity contribution < 1.29 is 4.39 Å². The van der Waals surface area contributed by atoms with Gasteiger partial charge in [-0.3, -0.25) is 0 Å². The summed E-state index contributed by atoms with van der Waals surface area (Å²) in [6.45, 7) is 0.579. The van der Waals surface area contributed by atoms with Crippen LogP contribution in [0.4, 0.5) is 10.2 Å². The minimum atomic E-state index is -0.340. The summed E-state index contributed by atoms with van der Waals surface area (Å²) < 4.78 is 14.5. The van der Waals surface area contributed by atoms with Crippen LogP contribution in [0.15, 0.2) is 34.8 Å². The molecule has 0 fully saturated rings. The summed E-state index contributed by atoms with van der Waals surface area (Å²) in [6, 6.07) is 10.2. The maximum absolute atomic E-state index is 13.7. The molecule has 0 aliphatic carbocycles. The molecule has 0 amide bonds. The van der Waals surface area contributed by atoms with E-state index in [0.717, 1.165) is 4.47 Å². The summed E-state index contributed by atoms with van der Waals surface area (Å²) in [5.41, 5.74) is 0.874. The summed E-state index contributed by atoms with van der Waals surface area (Å²) in [4.78, 5) is 1.83. The number of hydrogen-bond acceptors (Lipinski definition) is 4. The second-order valence-corrected chi connectivity index (χ2v) is 5.15. The number of halogens is 2. The molecule has 0 aliphatic heterocycles. The number of hydrogen-bond donors (Lipinski definition) is 0. The SMILES string of the molecule is CN(CCC#N)c1ccc(-c2cc(Br)ccc2F)nn1. The van der Waals surface area contributed by atoms with Gasteiger partial charge in [-0.2, -0.15) is 5.26 Å². The van der Waals surface area contributed by atoms with Crippen molar-refractivity contribution >= 4 is 21.7 Å². The van der Waals surface area contributed by atoms with Crippen LogP contribution in [0.25, 0.3) is 11.3 Å². The molecule has 0 N–H and O–H groups in total. The Kier molecular flexibility index (Phi) is 4.64. The summed E-state index contributed by atoms with van der Waals surface area (Å²) >= 11 is 3.31. The van der Waals surface area contributed by atoms with E-state index in [0.29, 0.717) is 30.0 Å². The standard InChI is InChI=1S/C14H12BrFN4/c1-20(8-2-7-17)14-6-5-13(18-19-14)11-9-10(15)3-4-12(11)16/h3-6,9H,2,8H2,1H3. The molecule has 2 rings (SSSR count).